The van der Waals surface area contributed by atoms with Crippen molar-refractivity contribution in [2.45, 2.75) is 18.9 Å². The predicted octanol–water partition coefficient (Wildman–Crippen LogP) is 2.39. The topological polar surface area (TPSA) is 118 Å². The molecule has 0 unspecified atom stereocenters. The summed E-state index contributed by atoms with van der Waals surface area (Å²) < 4.78 is 26.6. The SMILES string of the molecule is Cc1ncc(S(=O)(=O)Nc2cc(Cl)c([N+](=O)[O-])cc2C)[nH]1. The van der Waals surface area contributed by atoms with E-state index in [9.17, 15) is 18.5 Å². The Kier molecular flexibility index (Phi) is 3.88. The summed E-state index contributed by atoms with van der Waals surface area (Å²) in [7, 11) is -3.86. The van der Waals surface area contributed by atoms with Crippen molar-refractivity contribution in [2.75, 3.05) is 4.72 Å². The first-order chi connectivity index (χ1) is 9.70. The molecule has 1 aromatic carbocycles. The van der Waals surface area contributed by atoms with Gasteiger partial charge in [-0.1, -0.05) is 11.6 Å². The van der Waals surface area contributed by atoms with Crippen molar-refractivity contribution in [1.82, 2.24) is 9.97 Å². The molecule has 0 amide bonds. The minimum Gasteiger partial charge on any atom is -0.332 e. The fraction of sp³-hybridized carbons (Fsp3) is 0.182. The molecule has 10 heteroatoms. The van der Waals surface area contributed by atoms with Gasteiger partial charge in [0, 0.05) is 6.07 Å². The Morgan fingerprint density at radius 3 is 2.57 bits per heavy atom. The van der Waals surface area contributed by atoms with Gasteiger partial charge in [-0.05, 0) is 25.5 Å². The summed E-state index contributed by atoms with van der Waals surface area (Å²) in [5.74, 6) is 0.453. The van der Waals surface area contributed by atoms with E-state index in [1.807, 2.05) is 0 Å². The van der Waals surface area contributed by atoms with Crippen molar-refractivity contribution >= 4 is 33.0 Å². The van der Waals surface area contributed by atoms with Crippen LogP contribution in [-0.4, -0.2) is 23.3 Å². The van der Waals surface area contributed by atoms with Gasteiger partial charge < -0.3 is 4.98 Å². The van der Waals surface area contributed by atoms with Crippen LogP contribution in [0.25, 0.3) is 0 Å². The third-order valence-corrected chi connectivity index (χ3v) is 4.28. The fourth-order valence-corrected chi connectivity index (χ4v) is 2.98. The molecule has 1 heterocycles. The summed E-state index contributed by atoms with van der Waals surface area (Å²) in [6.07, 6.45) is 1.18. The molecule has 112 valence electrons. The molecular formula is C11H11ClN4O4S. The molecule has 1 aromatic heterocycles. The summed E-state index contributed by atoms with van der Waals surface area (Å²) in [6, 6.07) is 2.41. The van der Waals surface area contributed by atoms with Crippen molar-refractivity contribution in [3.63, 3.8) is 0 Å². The van der Waals surface area contributed by atoms with Crippen LogP contribution in [0.5, 0.6) is 0 Å². The summed E-state index contributed by atoms with van der Waals surface area (Å²) in [5, 5.41) is 10.5. The van der Waals surface area contributed by atoms with Crippen molar-refractivity contribution in [3.8, 4) is 0 Å². The standard InChI is InChI=1S/C11H11ClN4O4S/c1-6-3-10(16(17)18)8(12)4-9(6)15-21(19,20)11-5-13-7(2)14-11/h3-5,15H,1-2H3,(H,13,14). The van der Waals surface area contributed by atoms with Gasteiger partial charge in [-0.3, -0.25) is 14.8 Å². The Hall–Kier alpha value is -2.13. The van der Waals surface area contributed by atoms with Gasteiger partial charge in [-0.25, -0.2) is 4.98 Å². The molecule has 0 radical (unpaired) electrons. The lowest BCUT2D eigenvalue weighted by molar-refractivity contribution is -0.384. The third kappa shape index (κ3) is 3.14. The smallest absolute Gasteiger partial charge is 0.288 e. The van der Waals surface area contributed by atoms with E-state index in [0.29, 0.717) is 11.4 Å². The first-order valence-electron chi connectivity index (χ1n) is 5.69. The normalized spacial score (nSPS) is 11.4. The van der Waals surface area contributed by atoms with Gasteiger partial charge in [0.05, 0.1) is 16.8 Å². The summed E-state index contributed by atoms with van der Waals surface area (Å²) in [6.45, 7) is 3.16. The summed E-state index contributed by atoms with van der Waals surface area (Å²) >= 11 is 5.78. The number of H-pyrrole nitrogens is 1. The quantitative estimate of drug-likeness (QED) is 0.659. The number of nitro benzene ring substituents is 1. The number of sulfonamides is 1. The first-order valence-corrected chi connectivity index (χ1v) is 7.56. The van der Waals surface area contributed by atoms with Crippen LogP contribution in [0.3, 0.4) is 0 Å². The van der Waals surface area contributed by atoms with Gasteiger partial charge in [-0.2, -0.15) is 8.42 Å². The van der Waals surface area contributed by atoms with Crippen molar-refractivity contribution in [2.24, 2.45) is 0 Å². The number of nitrogens with one attached hydrogen (secondary N) is 2. The molecule has 2 rings (SSSR count). The predicted molar refractivity (Wildman–Crippen MR) is 77.0 cm³/mol. The second-order valence-corrected chi connectivity index (χ2v) is 6.37. The van der Waals surface area contributed by atoms with Crippen LogP contribution >= 0.6 is 11.6 Å². The number of benzene rings is 1. The molecule has 0 atom stereocenters. The van der Waals surface area contributed by atoms with Crippen molar-refractivity contribution < 1.29 is 13.3 Å². The second-order valence-electron chi connectivity index (χ2n) is 4.31. The maximum Gasteiger partial charge on any atom is 0.288 e. The van der Waals surface area contributed by atoms with Gasteiger partial charge in [0.15, 0.2) is 5.03 Å². The van der Waals surface area contributed by atoms with Gasteiger partial charge in [0.1, 0.15) is 10.8 Å². The minimum absolute atomic E-state index is 0.103. The number of rotatable bonds is 4. The van der Waals surface area contributed by atoms with Gasteiger partial charge in [0.2, 0.25) is 0 Å². The van der Waals surface area contributed by atoms with Crippen molar-refractivity contribution in [3.05, 3.63) is 44.9 Å². The van der Waals surface area contributed by atoms with Crippen LogP contribution in [0, 0.1) is 24.0 Å². The second kappa shape index (κ2) is 5.34. The Labute approximate surface area is 125 Å². The molecule has 2 N–H and O–H groups in total. The van der Waals surface area contributed by atoms with Crippen LogP contribution in [-0.2, 0) is 10.0 Å². The number of halogens is 1. The van der Waals surface area contributed by atoms with E-state index in [-0.39, 0.29) is 21.4 Å². The number of aromatic amines is 1. The first kappa shape index (κ1) is 15.3. The van der Waals surface area contributed by atoms with E-state index in [4.69, 9.17) is 11.6 Å². The highest BCUT2D eigenvalue weighted by molar-refractivity contribution is 7.92. The largest absolute Gasteiger partial charge is 0.332 e. The average molecular weight is 331 g/mol. The Morgan fingerprint density at radius 1 is 1.38 bits per heavy atom. The number of imidazole rings is 1. The lowest BCUT2D eigenvalue weighted by atomic mass is 10.2. The van der Waals surface area contributed by atoms with Gasteiger partial charge in [0.25, 0.3) is 15.7 Å². The highest BCUT2D eigenvalue weighted by Crippen LogP contribution is 2.31. The molecule has 0 aliphatic rings. The molecule has 8 nitrogen and oxygen atoms in total. The number of hydrogen-bond donors (Lipinski definition) is 2. The molecule has 0 fully saturated rings. The number of nitrogens with zero attached hydrogens (tertiary/aromatic N) is 2. The van der Waals surface area contributed by atoms with E-state index in [1.165, 1.54) is 18.3 Å². The monoisotopic (exact) mass is 330 g/mol. The number of anilines is 1. The molecule has 0 aliphatic carbocycles. The zero-order valence-corrected chi connectivity index (χ0v) is 12.6. The van der Waals surface area contributed by atoms with Crippen LogP contribution < -0.4 is 4.72 Å². The van der Waals surface area contributed by atoms with Crippen LogP contribution in [0.15, 0.2) is 23.4 Å². The number of nitro groups is 1. The highest BCUT2D eigenvalue weighted by atomic mass is 35.5. The van der Waals surface area contributed by atoms with Crippen LogP contribution in [0.1, 0.15) is 11.4 Å². The molecule has 0 aliphatic heterocycles. The number of aryl methyl sites for hydroxylation is 2. The molecular weight excluding hydrogens is 320 g/mol. The summed E-state index contributed by atoms with van der Waals surface area (Å²) in [4.78, 5) is 16.5. The van der Waals surface area contributed by atoms with E-state index in [0.717, 1.165) is 0 Å². The van der Waals surface area contributed by atoms with E-state index in [2.05, 4.69) is 14.7 Å². The maximum absolute atomic E-state index is 12.1. The lowest BCUT2D eigenvalue weighted by Crippen LogP contribution is -2.14. The molecule has 0 spiro atoms. The van der Waals surface area contributed by atoms with E-state index < -0.39 is 14.9 Å². The third-order valence-electron chi connectivity index (χ3n) is 2.70. The van der Waals surface area contributed by atoms with E-state index in [1.54, 1.807) is 13.8 Å². The van der Waals surface area contributed by atoms with Crippen LogP contribution in [0.4, 0.5) is 11.4 Å². The Balaban J connectivity index is 2.40. The summed E-state index contributed by atoms with van der Waals surface area (Å²) in [5.41, 5.74) is 0.262. The Bertz CT molecular complexity index is 816. The molecule has 21 heavy (non-hydrogen) atoms. The van der Waals surface area contributed by atoms with Crippen LogP contribution in [0.2, 0.25) is 5.02 Å². The molecule has 2 aromatic rings. The average Bonchev–Trinajstić information content (AvgIpc) is 2.80. The Morgan fingerprint density at radius 2 is 2.05 bits per heavy atom. The minimum atomic E-state index is -3.86. The molecule has 0 bridgehead atoms. The molecule has 0 saturated heterocycles. The molecule has 0 saturated carbocycles. The fourth-order valence-electron chi connectivity index (χ4n) is 1.65. The van der Waals surface area contributed by atoms with Gasteiger partial charge in [-0.15, -0.1) is 0 Å². The maximum atomic E-state index is 12.1. The zero-order chi connectivity index (χ0) is 15.8. The van der Waals surface area contributed by atoms with Crippen molar-refractivity contribution in [1.29, 1.82) is 0 Å². The zero-order valence-electron chi connectivity index (χ0n) is 11.0. The number of aromatic nitrogens is 2. The highest BCUT2D eigenvalue weighted by Gasteiger charge is 2.21. The number of hydrogen-bond acceptors (Lipinski definition) is 5. The van der Waals surface area contributed by atoms with E-state index >= 15 is 0 Å². The lowest BCUT2D eigenvalue weighted by Gasteiger charge is -2.09. The van der Waals surface area contributed by atoms with Gasteiger partial charge >= 0.3 is 0 Å².